The summed E-state index contributed by atoms with van der Waals surface area (Å²) in [6.45, 7) is 13.3. The van der Waals surface area contributed by atoms with Gasteiger partial charge >= 0.3 is 17.9 Å². The average molecular weight is 571 g/mol. The van der Waals surface area contributed by atoms with E-state index in [1.807, 2.05) is 31.2 Å². The lowest BCUT2D eigenvalue weighted by molar-refractivity contribution is -0.161. The number of fused-ring (bicyclic) bond motifs is 1. The normalized spacial score (nSPS) is 19.1. The molecule has 0 bridgehead atoms. The first-order valence-electron chi connectivity index (χ1n) is 13.0. The Morgan fingerprint density at radius 1 is 1.18 bits per heavy atom. The number of nitrogens with one attached hydrogen (secondary N) is 1. The van der Waals surface area contributed by atoms with E-state index < -0.39 is 26.2 Å². The van der Waals surface area contributed by atoms with E-state index in [-0.39, 0.29) is 60.9 Å². The summed E-state index contributed by atoms with van der Waals surface area (Å²) in [5.41, 5.74) is 2.55. The Hall–Kier alpha value is -3.90. The Morgan fingerprint density at radius 3 is 2.48 bits per heavy atom. The molecular weight excluding hydrogens is 536 g/mol. The van der Waals surface area contributed by atoms with Gasteiger partial charge in [-0.1, -0.05) is 36.9 Å². The van der Waals surface area contributed by atoms with E-state index in [0.717, 1.165) is 16.7 Å². The summed E-state index contributed by atoms with van der Waals surface area (Å²) in [7, 11) is -1.87. The minimum atomic E-state index is -1.87. The van der Waals surface area contributed by atoms with Crippen LogP contribution in [0.3, 0.4) is 0 Å². The van der Waals surface area contributed by atoms with E-state index in [1.54, 1.807) is 4.90 Å². The average Bonchev–Trinajstić information content (AvgIpc) is 3.39. The number of ether oxygens (including phenoxy) is 2. The third kappa shape index (κ3) is 6.28. The monoisotopic (exact) mass is 570 g/mol. The van der Waals surface area contributed by atoms with Gasteiger partial charge in [0.05, 0.1) is 18.1 Å². The fourth-order valence-corrected chi connectivity index (χ4v) is 6.28. The molecule has 4 rings (SSSR count). The first-order valence-corrected chi connectivity index (χ1v) is 16.4. The van der Waals surface area contributed by atoms with E-state index in [9.17, 15) is 19.2 Å². The molecule has 1 aromatic carbocycles. The minimum Gasteiger partial charge on any atom is -0.457 e. The Bertz CT molecular complexity index is 1380. The molecule has 1 saturated heterocycles. The number of nitrogens with zero attached hydrogens (tertiary/aromatic N) is 1. The molecule has 3 atom stereocenters. The highest BCUT2D eigenvalue weighted by atomic mass is 28.4. The lowest BCUT2D eigenvalue weighted by Gasteiger charge is -2.47. The molecule has 1 fully saturated rings. The maximum absolute atomic E-state index is 13.2. The fraction of sp³-hybridized carbons (Fsp3) is 0.429. The van der Waals surface area contributed by atoms with Crippen LogP contribution in [0.15, 0.2) is 56.2 Å². The van der Waals surface area contributed by atoms with Crippen LogP contribution >= 0.6 is 0 Å². The highest BCUT2D eigenvalue weighted by molar-refractivity contribution is 6.69. The zero-order chi connectivity index (χ0) is 29.2. The second-order valence-corrected chi connectivity index (χ2v) is 15.2. The second kappa shape index (κ2) is 11.7. The number of hydrogen-bond donors (Lipinski definition) is 1. The molecular formula is C28H34N2O9Si. The van der Waals surface area contributed by atoms with Crippen molar-refractivity contribution < 1.29 is 37.1 Å². The van der Waals surface area contributed by atoms with Gasteiger partial charge in [-0.15, -0.1) is 0 Å². The third-order valence-corrected chi connectivity index (χ3v) is 7.77. The topological polar surface area (TPSA) is 138 Å². The molecule has 1 aromatic heterocycles. The lowest BCUT2D eigenvalue weighted by Crippen LogP contribution is -2.63. The molecule has 2 aliphatic heterocycles. The van der Waals surface area contributed by atoms with Crippen molar-refractivity contribution in [2.45, 2.75) is 65.2 Å². The highest BCUT2D eigenvalue weighted by Crippen LogP contribution is 2.48. The van der Waals surface area contributed by atoms with Crippen molar-refractivity contribution in [3.8, 4) is 0 Å². The van der Waals surface area contributed by atoms with Gasteiger partial charge in [0.15, 0.2) is 26.4 Å². The van der Waals surface area contributed by atoms with Gasteiger partial charge in [0.1, 0.15) is 12.3 Å². The Labute approximate surface area is 232 Å². The summed E-state index contributed by atoms with van der Waals surface area (Å²) in [5, 5.41) is 2.63. The first kappa shape index (κ1) is 29.1. The third-order valence-electron chi connectivity index (χ3n) is 6.69. The van der Waals surface area contributed by atoms with Crippen LogP contribution in [0.2, 0.25) is 19.6 Å². The summed E-state index contributed by atoms with van der Waals surface area (Å²) in [4.78, 5) is 51.0. The molecule has 11 nitrogen and oxygen atoms in total. The Kier molecular flexibility index (Phi) is 8.50. The van der Waals surface area contributed by atoms with Crippen molar-refractivity contribution in [2.24, 2.45) is 5.92 Å². The Balaban J connectivity index is 1.44. The molecule has 2 amide bonds. The molecule has 2 aromatic rings. The van der Waals surface area contributed by atoms with Crippen molar-refractivity contribution in [1.29, 1.82) is 0 Å². The van der Waals surface area contributed by atoms with E-state index >= 15 is 0 Å². The van der Waals surface area contributed by atoms with Gasteiger partial charge in [-0.3, -0.25) is 4.79 Å². The molecule has 1 N–H and O–H groups in total. The van der Waals surface area contributed by atoms with Crippen LogP contribution in [0.4, 0.5) is 4.79 Å². The van der Waals surface area contributed by atoms with Crippen LogP contribution in [0.25, 0.3) is 5.57 Å². The van der Waals surface area contributed by atoms with Crippen molar-refractivity contribution in [2.75, 3.05) is 6.61 Å². The molecule has 0 saturated carbocycles. The molecule has 0 aliphatic carbocycles. The second-order valence-electron chi connectivity index (χ2n) is 10.7. The van der Waals surface area contributed by atoms with E-state index in [1.165, 1.54) is 13.0 Å². The summed E-state index contributed by atoms with van der Waals surface area (Å²) >= 11 is 0. The molecule has 214 valence electrons. The summed E-state index contributed by atoms with van der Waals surface area (Å²) in [6.07, 6.45) is 1.03. The maximum atomic E-state index is 13.2. The predicted molar refractivity (Wildman–Crippen MR) is 146 cm³/mol. The van der Waals surface area contributed by atoms with Gasteiger partial charge in [0, 0.05) is 6.54 Å². The Morgan fingerprint density at radius 2 is 1.88 bits per heavy atom. The standard InChI is InChI=1S/C28H34N2O9Si/c1-7-12-35-26(32)24-20(13-21-23(25(31)30(21)24)17(3)39-40(4,5)6)19-10-8-18(9-11-19)14-29-27(33)36-15-22-16(2)37-28(34)38-22/h7-11,17,21,23H,1,12-15H2,2-6H3,(H,29,33)/t17-,21-,23-/m1/s1. The number of benzene rings is 1. The minimum absolute atomic E-state index is 0.0356. The molecule has 0 radical (unpaired) electrons. The zero-order valence-corrected chi connectivity index (χ0v) is 24.3. The van der Waals surface area contributed by atoms with Crippen LogP contribution < -0.4 is 11.1 Å². The molecule has 12 heteroatoms. The molecule has 40 heavy (non-hydrogen) atoms. The lowest BCUT2D eigenvalue weighted by atomic mass is 9.82. The van der Waals surface area contributed by atoms with Gasteiger partial charge < -0.3 is 33.0 Å². The van der Waals surface area contributed by atoms with Crippen LogP contribution in [0.5, 0.6) is 0 Å². The van der Waals surface area contributed by atoms with Crippen LogP contribution in [-0.4, -0.2) is 49.9 Å². The number of esters is 1. The first-order chi connectivity index (χ1) is 18.9. The highest BCUT2D eigenvalue weighted by Gasteiger charge is 2.57. The number of hydrogen-bond acceptors (Lipinski definition) is 9. The largest absolute Gasteiger partial charge is 0.519 e. The molecule has 0 spiro atoms. The number of alkyl carbamates (subject to hydrolysis) is 1. The number of rotatable bonds is 11. The number of carbonyl (C=O) groups excluding carboxylic acids is 3. The number of amides is 2. The molecule has 3 heterocycles. The summed E-state index contributed by atoms with van der Waals surface area (Å²) < 4.78 is 26.1. The summed E-state index contributed by atoms with van der Waals surface area (Å²) in [6, 6.07) is 7.14. The predicted octanol–water partition coefficient (Wildman–Crippen LogP) is 3.88. The van der Waals surface area contributed by atoms with Crippen molar-refractivity contribution >= 4 is 31.9 Å². The van der Waals surface area contributed by atoms with E-state index in [2.05, 4.69) is 31.5 Å². The number of aryl methyl sites for hydroxylation is 1. The van der Waals surface area contributed by atoms with Gasteiger partial charge in [-0.25, -0.2) is 14.4 Å². The van der Waals surface area contributed by atoms with Crippen LogP contribution in [0.1, 0.15) is 36.0 Å². The van der Waals surface area contributed by atoms with Gasteiger partial charge in [-0.05, 0) is 56.6 Å². The number of carbonyl (C=O) groups is 3. The SMILES string of the molecule is C=CCOC(=O)C1=C(c2ccc(CNC(=O)OCc3oc(=O)oc3C)cc2)C[C@@H]2[C@@H]([C@@H](C)O[Si](C)(C)C)C(=O)N12. The van der Waals surface area contributed by atoms with E-state index in [0.29, 0.717) is 6.42 Å². The van der Waals surface area contributed by atoms with Gasteiger partial charge in [0.2, 0.25) is 5.91 Å². The maximum Gasteiger partial charge on any atom is 0.519 e. The van der Waals surface area contributed by atoms with E-state index in [4.69, 9.17) is 22.7 Å². The van der Waals surface area contributed by atoms with Crippen molar-refractivity contribution in [3.63, 3.8) is 0 Å². The summed E-state index contributed by atoms with van der Waals surface area (Å²) in [5.74, 6) is -1.51. The fourth-order valence-electron chi connectivity index (χ4n) is 5.02. The van der Waals surface area contributed by atoms with Crippen molar-refractivity contribution in [3.05, 3.63) is 75.9 Å². The molecule has 2 aliphatic rings. The smallest absolute Gasteiger partial charge is 0.457 e. The van der Waals surface area contributed by atoms with Crippen LogP contribution in [-0.2, 0) is 36.6 Å². The number of β-lactam (4-membered cyclic amide) rings is 1. The van der Waals surface area contributed by atoms with Crippen LogP contribution in [0, 0.1) is 12.8 Å². The molecule has 0 unspecified atom stereocenters. The zero-order valence-electron chi connectivity index (χ0n) is 23.3. The quantitative estimate of drug-likeness (QED) is 0.185. The van der Waals surface area contributed by atoms with Gasteiger partial charge in [0.25, 0.3) is 0 Å². The van der Waals surface area contributed by atoms with Gasteiger partial charge in [-0.2, -0.15) is 0 Å². The van der Waals surface area contributed by atoms with Crippen molar-refractivity contribution in [1.82, 2.24) is 10.2 Å².